The summed E-state index contributed by atoms with van der Waals surface area (Å²) in [4.78, 5) is 0. The third-order valence-corrected chi connectivity index (χ3v) is 5.46. The Balaban J connectivity index is 2.55. The Labute approximate surface area is 138 Å². The molecular formula is C16H16BrCl2N. The number of hydrogen-bond donors (Lipinski definition) is 1. The van der Waals surface area contributed by atoms with Crippen LogP contribution in [0.5, 0.6) is 0 Å². The van der Waals surface area contributed by atoms with Crippen molar-refractivity contribution in [1.29, 1.82) is 0 Å². The molecule has 20 heavy (non-hydrogen) atoms. The molecule has 0 aliphatic carbocycles. The molecular weight excluding hydrogens is 357 g/mol. The summed E-state index contributed by atoms with van der Waals surface area (Å²) in [5.41, 5.74) is 4.58. The number of rotatable bonds is 3. The van der Waals surface area contributed by atoms with E-state index in [1.165, 1.54) is 16.7 Å². The smallest absolute Gasteiger partial charge is 0.0643 e. The van der Waals surface area contributed by atoms with Gasteiger partial charge in [0.05, 0.1) is 16.1 Å². The van der Waals surface area contributed by atoms with Crippen LogP contribution in [0.2, 0.25) is 10.0 Å². The van der Waals surface area contributed by atoms with E-state index in [9.17, 15) is 0 Å². The van der Waals surface area contributed by atoms with Crippen molar-refractivity contribution >= 4 is 39.1 Å². The zero-order valence-electron chi connectivity index (χ0n) is 11.6. The second kappa shape index (κ2) is 6.48. The van der Waals surface area contributed by atoms with E-state index in [0.29, 0.717) is 10.0 Å². The number of aryl methyl sites for hydroxylation is 2. The van der Waals surface area contributed by atoms with E-state index in [-0.39, 0.29) is 6.04 Å². The molecule has 4 heteroatoms. The van der Waals surface area contributed by atoms with Crippen molar-refractivity contribution in [3.05, 3.63) is 67.1 Å². The van der Waals surface area contributed by atoms with Crippen LogP contribution in [0, 0.1) is 13.8 Å². The Morgan fingerprint density at radius 2 is 1.70 bits per heavy atom. The van der Waals surface area contributed by atoms with Gasteiger partial charge in [-0.15, -0.1) is 0 Å². The maximum Gasteiger partial charge on any atom is 0.0643 e. The van der Waals surface area contributed by atoms with E-state index in [2.05, 4.69) is 47.2 Å². The zero-order chi connectivity index (χ0) is 14.9. The van der Waals surface area contributed by atoms with Gasteiger partial charge < -0.3 is 5.32 Å². The molecule has 1 atom stereocenters. The van der Waals surface area contributed by atoms with Crippen molar-refractivity contribution < 1.29 is 0 Å². The molecule has 106 valence electrons. The molecule has 0 bridgehead atoms. The van der Waals surface area contributed by atoms with E-state index in [1.54, 1.807) is 6.07 Å². The molecule has 0 spiro atoms. The lowest BCUT2D eigenvalue weighted by atomic mass is 9.95. The molecule has 1 unspecified atom stereocenters. The quantitative estimate of drug-likeness (QED) is 0.730. The van der Waals surface area contributed by atoms with Gasteiger partial charge in [-0.2, -0.15) is 0 Å². The summed E-state index contributed by atoms with van der Waals surface area (Å²) in [5.74, 6) is 0. The fourth-order valence-electron chi connectivity index (χ4n) is 2.39. The van der Waals surface area contributed by atoms with E-state index < -0.39 is 0 Å². The SMILES string of the molecule is CNC(c1cc(C)c(Br)c(C)c1)c1cccc(Cl)c1Cl. The van der Waals surface area contributed by atoms with Crippen molar-refractivity contribution in [3.63, 3.8) is 0 Å². The third kappa shape index (κ3) is 3.04. The van der Waals surface area contributed by atoms with Crippen LogP contribution in [-0.4, -0.2) is 7.05 Å². The van der Waals surface area contributed by atoms with Gasteiger partial charge in [-0.05, 0) is 49.2 Å². The van der Waals surface area contributed by atoms with Crippen LogP contribution < -0.4 is 5.32 Å². The van der Waals surface area contributed by atoms with Gasteiger partial charge in [-0.1, -0.05) is 63.4 Å². The maximum atomic E-state index is 6.35. The van der Waals surface area contributed by atoms with E-state index in [1.807, 2.05) is 19.2 Å². The first-order valence-corrected chi connectivity index (χ1v) is 7.88. The summed E-state index contributed by atoms with van der Waals surface area (Å²) < 4.78 is 1.15. The molecule has 1 N–H and O–H groups in total. The van der Waals surface area contributed by atoms with Gasteiger partial charge in [0.15, 0.2) is 0 Å². The highest BCUT2D eigenvalue weighted by atomic mass is 79.9. The molecule has 2 rings (SSSR count). The van der Waals surface area contributed by atoms with E-state index in [0.717, 1.165) is 10.0 Å². The molecule has 0 fully saturated rings. The summed E-state index contributed by atoms with van der Waals surface area (Å²) in [6.07, 6.45) is 0. The normalized spacial score (nSPS) is 12.5. The van der Waals surface area contributed by atoms with Crippen LogP contribution in [0.15, 0.2) is 34.8 Å². The number of halogens is 3. The largest absolute Gasteiger partial charge is 0.309 e. The number of benzene rings is 2. The number of hydrogen-bond acceptors (Lipinski definition) is 1. The van der Waals surface area contributed by atoms with Crippen LogP contribution >= 0.6 is 39.1 Å². The van der Waals surface area contributed by atoms with Gasteiger partial charge in [0.1, 0.15) is 0 Å². The first-order chi connectivity index (χ1) is 9.45. The topological polar surface area (TPSA) is 12.0 Å². The van der Waals surface area contributed by atoms with Gasteiger partial charge in [0.2, 0.25) is 0 Å². The molecule has 2 aromatic carbocycles. The first kappa shape index (κ1) is 15.8. The minimum absolute atomic E-state index is 0.0201. The minimum atomic E-state index is 0.0201. The molecule has 0 radical (unpaired) electrons. The van der Waals surface area contributed by atoms with Crippen molar-refractivity contribution in [3.8, 4) is 0 Å². The fraction of sp³-hybridized carbons (Fsp3) is 0.250. The molecule has 1 nitrogen and oxygen atoms in total. The summed E-state index contributed by atoms with van der Waals surface area (Å²) in [6, 6.07) is 10.1. The molecule has 0 saturated carbocycles. The molecule has 0 aliphatic heterocycles. The van der Waals surface area contributed by atoms with Crippen molar-refractivity contribution in [2.75, 3.05) is 7.05 Å². The van der Waals surface area contributed by atoms with E-state index in [4.69, 9.17) is 23.2 Å². The molecule has 0 amide bonds. The van der Waals surface area contributed by atoms with Gasteiger partial charge >= 0.3 is 0 Å². The van der Waals surface area contributed by atoms with Gasteiger partial charge in [-0.3, -0.25) is 0 Å². The van der Waals surface area contributed by atoms with Crippen LogP contribution in [0.1, 0.15) is 28.3 Å². The fourth-order valence-corrected chi connectivity index (χ4v) is 3.04. The second-order valence-electron chi connectivity index (χ2n) is 4.83. The van der Waals surface area contributed by atoms with Crippen molar-refractivity contribution in [2.24, 2.45) is 0 Å². The van der Waals surface area contributed by atoms with Crippen molar-refractivity contribution in [1.82, 2.24) is 5.32 Å². The van der Waals surface area contributed by atoms with Gasteiger partial charge in [0, 0.05) is 4.47 Å². The Kier molecular flexibility index (Phi) is 5.14. The Morgan fingerprint density at radius 1 is 1.10 bits per heavy atom. The van der Waals surface area contributed by atoms with Gasteiger partial charge in [0.25, 0.3) is 0 Å². The summed E-state index contributed by atoms with van der Waals surface area (Å²) in [5, 5.41) is 4.50. The molecule has 0 aromatic heterocycles. The predicted octanol–water partition coefficient (Wildman–Crippen LogP) is 5.68. The summed E-state index contributed by atoms with van der Waals surface area (Å²) in [6.45, 7) is 4.18. The average Bonchev–Trinajstić information content (AvgIpc) is 2.41. The Hall–Kier alpha value is -0.540. The minimum Gasteiger partial charge on any atom is -0.309 e. The monoisotopic (exact) mass is 371 g/mol. The highest BCUT2D eigenvalue weighted by molar-refractivity contribution is 9.10. The lowest BCUT2D eigenvalue weighted by molar-refractivity contribution is 0.690. The second-order valence-corrected chi connectivity index (χ2v) is 6.41. The predicted molar refractivity (Wildman–Crippen MR) is 91.0 cm³/mol. The average molecular weight is 373 g/mol. The molecule has 0 saturated heterocycles. The lowest BCUT2D eigenvalue weighted by Crippen LogP contribution is -2.18. The first-order valence-electron chi connectivity index (χ1n) is 6.33. The van der Waals surface area contributed by atoms with Crippen LogP contribution in [0.25, 0.3) is 0 Å². The van der Waals surface area contributed by atoms with Crippen molar-refractivity contribution in [2.45, 2.75) is 19.9 Å². The lowest BCUT2D eigenvalue weighted by Gasteiger charge is -2.21. The summed E-state index contributed by atoms with van der Waals surface area (Å²) in [7, 11) is 1.93. The van der Waals surface area contributed by atoms with Crippen LogP contribution in [0.3, 0.4) is 0 Å². The third-order valence-electron chi connectivity index (χ3n) is 3.37. The highest BCUT2D eigenvalue weighted by Gasteiger charge is 2.18. The van der Waals surface area contributed by atoms with Crippen LogP contribution in [-0.2, 0) is 0 Å². The Morgan fingerprint density at radius 3 is 2.25 bits per heavy atom. The molecule has 2 aromatic rings. The molecule has 0 heterocycles. The Bertz CT molecular complexity index is 617. The standard InChI is InChI=1S/C16H16BrCl2N/c1-9-7-11(8-10(2)14(9)17)16(20-3)12-5-4-6-13(18)15(12)19/h4-8,16,20H,1-3H3. The van der Waals surface area contributed by atoms with E-state index >= 15 is 0 Å². The summed E-state index contributed by atoms with van der Waals surface area (Å²) >= 11 is 16.1. The zero-order valence-corrected chi connectivity index (χ0v) is 14.7. The van der Waals surface area contributed by atoms with Crippen LogP contribution in [0.4, 0.5) is 0 Å². The highest BCUT2D eigenvalue weighted by Crippen LogP contribution is 2.34. The van der Waals surface area contributed by atoms with Gasteiger partial charge in [-0.25, -0.2) is 0 Å². The maximum absolute atomic E-state index is 6.35. The molecule has 0 aliphatic rings. The number of nitrogens with one attached hydrogen (secondary N) is 1.